The van der Waals surface area contributed by atoms with Gasteiger partial charge in [-0.2, -0.15) is 0 Å². The first-order valence-corrected chi connectivity index (χ1v) is 10.4. The predicted octanol–water partition coefficient (Wildman–Crippen LogP) is 3.25. The average molecular weight is 374 g/mol. The largest absolute Gasteiger partial charge is 0.486 e. The molecule has 0 saturated carbocycles. The lowest BCUT2D eigenvalue weighted by molar-refractivity contribution is 0.171. The number of hydrogen-bond donors (Lipinski definition) is 1. The smallest absolute Gasteiger partial charge is 0.262 e. The van der Waals surface area contributed by atoms with Crippen LogP contribution in [0.5, 0.6) is 11.5 Å². The number of ether oxygens (including phenoxy) is 2. The van der Waals surface area contributed by atoms with Crippen LogP contribution in [-0.4, -0.2) is 34.7 Å². The van der Waals surface area contributed by atoms with Gasteiger partial charge in [0, 0.05) is 24.8 Å². The first-order chi connectivity index (χ1) is 12.6. The number of fused-ring (bicyclic) bond motifs is 1. The van der Waals surface area contributed by atoms with Gasteiger partial charge < -0.3 is 14.4 Å². The van der Waals surface area contributed by atoms with Gasteiger partial charge >= 0.3 is 0 Å². The zero-order chi connectivity index (χ0) is 18.0. The Morgan fingerprint density at radius 2 is 1.65 bits per heavy atom. The molecule has 1 fully saturated rings. The van der Waals surface area contributed by atoms with Gasteiger partial charge in [-0.05, 0) is 49.6 Å². The van der Waals surface area contributed by atoms with Crippen molar-refractivity contribution in [3.8, 4) is 11.5 Å². The number of nitrogens with one attached hydrogen (secondary N) is 1. The van der Waals surface area contributed by atoms with E-state index in [9.17, 15) is 8.42 Å². The maximum Gasteiger partial charge on any atom is 0.262 e. The van der Waals surface area contributed by atoms with Crippen molar-refractivity contribution in [2.75, 3.05) is 35.9 Å². The van der Waals surface area contributed by atoms with Crippen LogP contribution in [0.3, 0.4) is 0 Å². The third-order valence-electron chi connectivity index (χ3n) is 4.64. The molecular formula is C19H22N2O4S. The van der Waals surface area contributed by atoms with Crippen LogP contribution < -0.4 is 19.1 Å². The highest BCUT2D eigenvalue weighted by Gasteiger charge is 2.20. The molecule has 0 spiro atoms. The number of piperidine rings is 1. The highest BCUT2D eigenvalue weighted by atomic mass is 32.2. The summed E-state index contributed by atoms with van der Waals surface area (Å²) >= 11 is 0. The van der Waals surface area contributed by atoms with Gasteiger partial charge in [0.15, 0.2) is 11.5 Å². The molecule has 4 rings (SSSR count). The van der Waals surface area contributed by atoms with Crippen molar-refractivity contribution in [1.82, 2.24) is 0 Å². The second-order valence-corrected chi connectivity index (χ2v) is 8.19. The van der Waals surface area contributed by atoms with Crippen LogP contribution in [-0.2, 0) is 10.0 Å². The number of anilines is 2. The second kappa shape index (κ2) is 7.07. The van der Waals surface area contributed by atoms with Gasteiger partial charge in [0.1, 0.15) is 13.2 Å². The van der Waals surface area contributed by atoms with Crippen molar-refractivity contribution in [3.05, 3.63) is 42.5 Å². The number of benzene rings is 2. The molecule has 2 aromatic carbocycles. The molecule has 2 aliphatic heterocycles. The standard InChI is InChI=1S/C19H22N2O4S/c22-26(23,17-7-8-18-19(14-17)25-12-11-24-18)20-15-5-4-6-16(13-15)21-9-2-1-3-10-21/h4-8,13-14,20H,1-3,9-12H2. The summed E-state index contributed by atoms with van der Waals surface area (Å²) in [5.41, 5.74) is 1.61. The third kappa shape index (κ3) is 3.58. The fourth-order valence-electron chi connectivity index (χ4n) is 3.32. The Labute approximate surface area is 153 Å². The summed E-state index contributed by atoms with van der Waals surface area (Å²) in [7, 11) is -3.70. The molecule has 0 aliphatic carbocycles. The molecule has 0 bridgehead atoms. The van der Waals surface area contributed by atoms with E-state index in [2.05, 4.69) is 9.62 Å². The van der Waals surface area contributed by atoms with Crippen LogP contribution in [0.2, 0.25) is 0 Å². The molecule has 0 unspecified atom stereocenters. The molecule has 0 amide bonds. The molecule has 1 N–H and O–H groups in total. The SMILES string of the molecule is O=S(=O)(Nc1cccc(N2CCCCC2)c1)c1ccc2c(c1)OCCO2. The Kier molecular flexibility index (Phi) is 4.63. The van der Waals surface area contributed by atoms with Crippen LogP contribution in [0.4, 0.5) is 11.4 Å². The normalized spacial score (nSPS) is 17.0. The second-order valence-electron chi connectivity index (χ2n) is 6.51. The van der Waals surface area contributed by atoms with Crippen LogP contribution in [0.15, 0.2) is 47.4 Å². The van der Waals surface area contributed by atoms with E-state index in [4.69, 9.17) is 9.47 Å². The van der Waals surface area contributed by atoms with Crippen molar-refractivity contribution in [1.29, 1.82) is 0 Å². The van der Waals surface area contributed by atoms with Gasteiger partial charge in [-0.3, -0.25) is 4.72 Å². The van der Waals surface area contributed by atoms with E-state index in [-0.39, 0.29) is 4.90 Å². The van der Waals surface area contributed by atoms with E-state index in [1.165, 1.54) is 31.4 Å². The van der Waals surface area contributed by atoms with Crippen molar-refractivity contribution in [3.63, 3.8) is 0 Å². The Balaban J connectivity index is 1.56. The Morgan fingerprint density at radius 1 is 0.885 bits per heavy atom. The van der Waals surface area contributed by atoms with E-state index < -0.39 is 10.0 Å². The molecule has 0 atom stereocenters. The lowest BCUT2D eigenvalue weighted by atomic mass is 10.1. The Hall–Kier alpha value is -2.41. The summed E-state index contributed by atoms with van der Waals surface area (Å²) in [6.07, 6.45) is 3.60. The van der Waals surface area contributed by atoms with E-state index in [1.807, 2.05) is 18.2 Å². The van der Waals surface area contributed by atoms with Crippen LogP contribution in [0, 0.1) is 0 Å². The van der Waals surface area contributed by atoms with Crippen molar-refractivity contribution in [2.24, 2.45) is 0 Å². The number of sulfonamides is 1. The highest BCUT2D eigenvalue weighted by molar-refractivity contribution is 7.92. The molecular weight excluding hydrogens is 352 g/mol. The molecule has 1 saturated heterocycles. The summed E-state index contributed by atoms with van der Waals surface area (Å²) in [6, 6.07) is 12.2. The zero-order valence-electron chi connectivity index (χ0n) is 14.5. The van der Waals surface area contributed by atoms with Crippen molar-refractivity contribution < 1.29 is 17.9 Å². The fraction of sp³-hybridized carbons (Fsp3) is 0.368. The van der Waals surface area contributed by atoms with Crippen molar-refractivity contribution in [2.45, 2.75) is 24.2 Å². The monoisotopic (exact) mass is 374 g/mol. The molecule has 0 radical (unpaired) electrons. The summed E-state index contributed by atoms with van der Waals surface area (Å²) in [6.45, 7) is 2.92. The minimum Gasteiger partial charge on any atom is -0.486 e. The third-order valence-corrected chi connectivity index (χ3v) is 6.02. The van der Waals surface area contributed by atoms with Gasteiger partial charge in [-0.1, -0.05) is 6.07 Å². The van der Waals surface area contributed by atoms with E-state index in [0.29, 0.717) is 30.4 Å². The number of nitrogens with zero attached hydrogens (tertiary/aromatic N) is 1. The Morgan fingerprint density at radius 3 is 2.46 bits per heavy atom. The van der Waals surface area contributed by atoms with E-state index in [0.717, 1.165) is 18.8 Å². The molecule has 138 valence electrons. The summed E-state index contributed by atoms with van der Waals surface area (Å²) in [4.78, 5) is 2.45. The first kappa shape index (κ1) is 17.0. The zero-order valence-corrected chi connectivity index (χ0v) is 15.3. The van der Waals surface area contributed by atoms with Crippen molar-refractivity contribution >= 4 is 21.4 Å². The van der Waals surface area contributed by atoms with Crippen LogP contribution >= 0.6 is 0 Å². The topological polar surface area (TPSA) is 67.9 Å². The summed E-state index contributed by atoms with van der Waals surface area (Å²) in [5, 5.41) is 0. The van der Waals surface area contributed by atoms with Gasteiger partial charge in [-0.25, -0.2) is 8.42 Å². The highest BCUT2D eigenvalue weighted by Crippen LogP contribution is 2.33. The quantitative estimate of drug-likeness (QED) is 0.890. The molecule has 7 heteroatoms. The molecule has 2 aromatic rings. The number of hydrogen-bond acceptors (Lipinski definition) is 5. The first-order valence-electron chi connectivity index (χ1n) is 8.89. The van der Waals surface area contributed by atoms with Crippen LogP contribution in [0.25, 0.3) is 0 Å². The molecule has 0 aromatic heterocycles. The van der Waals surface area contributed by atoms with Crippen LogP contribution in [0.1, 0.15) is 19.3 Å². The lowest BCUT2D eigenvalue weighted by Crippen LogP contribution is -2.29. The maximum atomic E-state index is 12.8. The minimum atomic E-state index is -3.70. The van der Waals surface area contributed by atoms with Gasteiger partial charge in [0.05, 0.1) is 10.6 Å². The maximum absolute atomic E-state index is 12.8. The molecule has 26 heavy (non-hydrogen) atoms. The summed E-state index contributed by atoms with van der Waals surface area (Å²) < 4.78 is 39.1. The minimum absolute atomic E-state index is 0.158. The lowest BCUT2D eigenvalue weighted by Gasteiger charge is -2.29. The van der Waals surface area contributed by atoms with Gasteiger partial charge in [0.2, 0.25) is 0 Å². The molecule has 2 aliphatic rings. The average Bonchev–Trinajstić information content (AvgIpc) is 2.68. The Bertz CT molecular complexity index is 892. The summed E-state index contributed by atoms with van der Waals surface area (Å²) in [5.74, 6) is 1.03. The predicted molar refractivity (Wildman–Crippen MR) is 101 cm³/mol. The fourth-order valence-corrected chi connectivity index (χ4v) is 4.39. The molecule has 2 heterocycles. The van der Waals surface area contributed by atoms with Gasteiger partial charge in [0.25, 0.3) is 10.0 Å². The molecule has 6 nitrogen and oxygen atoms in total. The van der Waals surface area contributed by atoms with E-state index >= 15 is 0 Å². The van der Waals surface area contributed by atoms with E-state index in [1.54, 1.807) is 12.1 Å². The number of rotatable bonds is 4. The van der Waals surface area contributed by atoms with Gasteiger partial charge in [-0.15, -0.1) is 0 Å².